The lowest BCUT2D eigenvalue weighted by Crippen LogP contribution is -2.39. The highest BCUT2D eigenvalue weighted by atomic mass is 19.1. The smallest absolute Gasteiger partial charge is 0.319 e. The molecule has 2 aromatic heterocycles. The van der Waals surface area contributed by atoms with Crippen LogP contribution in [0.15, 0.2) is 36.8 Å². The van der Waals surface area contributed by atoms with Crippen molar-refractivity contribution < 1.29 is 18.7 Å². The molecule has 0 radical (unpaired) electrons. The number of nitrogens with one attached hydrogen (secondary N) is 2. The summed E-state index contributed by atoms with van der Waals surface area (Å²) in [6.45, 7) is 0.519. The summed E-state index contributed by atoms with van der Waals surface area (Å²) in [6, 6.07) is 4.25. The summed E-state index contributed by atoms with van der Waals surface area (Å²) in [4.78, 5) is 19.9. The second-order valence-electron chi connectivity index (χ2n) is 5.27. The topological polar surface area (TPSA) is 85.4 Å². The molecular weight excluding hydrogens is 315 g/mol. The van der Waals surface area contributed by atoms with E-state index in [1.54, 1.807) is 19.4 Å². The Morgan fingerprint density at radius 1 is 1.38 bits per heavy atom. The highest BCUT2D eigenvalue weighted by molar-refractivity contribution is 5.89. The van der Waals surface area contributed by atoms with Crippen LogP contribution in [-0.4, -0.2) is 35.8 Å². The molecule has 0 bridgehead atoms. The predicted octanol–water partition coefficient (Wildman–Crippen LogP) is 2.28. The van der Waals surface area contributed by atoms with E-state index in [0.29, 0.717) is 18.9 Å². The fourth-order valence-electron chi connectivity index (χ4n) is 2.55. The third-order valence-corrected chi connectivity index (χ3v) is 3.73. The fraction of sp³-hybridized carbons (Fsp3) is 0.312. The first-order chi connectivity index (χ1) is 11.7. The van der Waals surface area contributed by atoms with Gasteiger partial charge in [-0.3, -0.25) is 4.98 Å². The number of carbonyl (C=O) groups excluding carboxylic acids is 1. The van der Waals surface area contributed by atoms with Gasteiger partial charge < -0.3 is 20.1 Å². The summed E-state index contributed by atoms with van der Waals surface area (Å²) in [7, 11) is 1.54. The van der Waals surface area contributed by atoms with E-state index in [0.717, 1.165) is 11.8 Å². The zero-order valence-corrected chi connectivity index (χ0v) is 13.0. The number of hydrogen-bond acceptors (Lipinski definition) is 5. The summed E-state index contributed by atoms with van der Waals surface area (Å²) < 4.78 is 24.2. The van der Waals surface area contributed by atoms with Crippen molar-refractivity contribution >= 4 is 11.7 Å². The molecule has 3 heterocycles. The van der Waals surface area contributed by atoms with Crippen molar-refractivity contribution in [3.63, 3.8) is 0 Å². The van der Waals surface area contributed by atoms with Crippen LogP contribution < -0.4 is 15.4 Å². The summed E-state index contributed by atoms with van der Waals surface area (Å²) in [6.07, 6.45) is 4.45. The normalized spacial score (nSPS) is 19.8. The number of ether oxygens (including phenoxy) is 2. The lowest BCUT2D eigenvalue weighted by atomic mass is 10.0. The molecule has 2 amide bonds. The largest absolute Gasteiger partial charge is 0.481 e. The molecule has 8 heteroatoms. The molecule has 126 valence electrons. The zero-order valence-electron chi connectivity index (χ0n) is 13.0. The Kier molecular flexibility index (Phi) is 4.85. The minimum absolute atomic E-state index is 0.0732. The molecule has 0 aliphatic carbocycles. The van der Waals surface area contributed by atoms with E-state index in [-0.39, 0.29) is 17.8 Å². The van der Waals surface area contributed by atoms with Crippen LogP contribution in [0.2, 0.25) is 0 Å². The monoisotopic (exact) mass is 332 g/mol. The highest BCUT2D eigenvalue weighted by Crippen LogP contribution is 2.29. The average molecular weight is 332 g/mol. The summed E-state index contributed by atoms with van der Waals surface area (Å²) in [5.74, 6) is -0.0848. The molecule has 0 saturated carbocycles. The van der Waals surface area contributed by atoms with Crippen LogP contribution in [-0.2, 0) is 4.74 Å². The molecule has 1 aliphatic rings. The number of carbonyl (C=O) groups is 1. The van der Waals surface area contributed by atoms with Gasteiger partial charge in [-0.05, 0) is 18.6 Å². The van der Waals surface area contributed by atoms with Gasteiger partial charge in [0.1, 0.15) is 6.10 Å². The van der Waals surface area contributed by atoms with Gasteiger partial charge in [-0.2, -0.15) is 0 Å². The maximum absolute atomic E-state index is 13.5. The Bertz CT molecular complexity index is 711. The molecule has 0 unspecified atom stereocenters. The maximum Gasteiger partial charge on any atom is 0.319 e. The third-order valence-electron chi connectivity index (χ3n) is 3.73. The number of aromatic nitrogens is 2. The number of amides is 2. The third kappa shape index (κ3) is 3.60. The Labute approximate surface area is 138 Å². The second kappa shape index (κ2) is 7.22. The SMILES string of the molecule is COc1ccc([C@H]2OCC[C@@H]2NC(=O)Nc2ccncc2F)cn1. The number of methoxy groups -OCH3 is 1. The maximum atomic E-state index is 13.5. The molecule has 0 aromatic carbocycles. The molecule has 2 aromatic rings. The van der Waals surface area contributed by atoms with Crippen LogP contribution in [0.25, 0.3) is 0 Å². The fourth-order valence-corrected chi connectivity index (χ4v) is 2.55. The Morgan fingerprint density at radius 3 is 2.96 bits per heavy atom. The van der Waals surface area contributed by atoms with E-state index in [9.17, 15) is 9.18 Å². The van der Waals surface area contributed by atoms with Gasteiger partial charge >= 0.3 is 6.03 Å². The van der Waals surface area contributed by atoms with Crippen molar-refractivity contribution in [2.75, 3.05) is 19.0 Å². The lowest BCUT2D eigenvalue weighted by molar-refractivity contribution is 0.100. The Balaban J connectivity index is 1.65. The van der Waals surface area contributed by atoms with Gasteiger partial charge in [0, 0.05) is 30.6 Å². The summed E-state index contributed by atoms with van der Waals surface area (Å²) in [5.41, 5.74) is 0.915. The quantitative estimate of drug-likeness (QED) is 0.897. The van der Waals surface area contributed by atoms with Crippen molar-refractivity contribution in [3.8, 4) is 5.88 Å². The number of urea groups is 1. The highest BCUT2D eigenvalue weighted by Gasteiger charge is 2.31. The van der Waals surface area contributed by atoms with Gasteiger partial charge in [-0.15, -0.1) is 0 Å². The molecule has 7 nitrogen and oxygen atoms in total. The van der Waals surface area contributed by atoms with E-state index in [1.807, 2.05) is 6.07 Å². The summed E-state index contributed by atoms with van der Waals surface area (Å²) >= 11 is 0. The van der Waals surface area contributed by atoms with Crippen LogP contribution in [0, 0.1) is 5.82 Å². The first-order valence-corrected chi connectivity index (χ1v) is 7.46. The van der Waals surface area contributed by atoms with Gasteiger partial charge in [0.25, 0.3) is 0 Å². The van der Waals surface area contributed by atoms with Gasteiger partial charge in [0.2, 0.25) is 5.88 Å². The van der Waals surface area contributed by atoms with Crippen molar-refractivity contribution in [2.45, 2.75) is 18.6 Å². The minimum atomic E-state index is -0.591. The number of hydrogen-bond donors (Lipinski definition) is 2. The second-order valence-corrected chi connectivity index (χ2v) is 5.27. The van der Waals surface area contributed by atoms with E-state index in [2.05, 4.69) is 20.6 Å². The van der Waals surface area contributed by atoms with Gasteiger partial charge in [-0.1, -0.05) is 0 Å². The number of rotatable bonds is 4. The van der Waals surface area contributed by atoms with E-state index >= 15 is 0 Å². The first kappa shape index (κ1) is 16.1. The molecule has 1 saturated heterocycles. The van der Waals surface area contributed by atoms with Crippen molar-refractivity contribution in [1.82, 2.24) is 15.3 Å². The first-order valence-electron chi connectivity index (χ1n) is 7.46. The molecule has 24 heavy (non-hydrogen) atoms. The standard InChI is InChI=1S/C16H17FN4O3/c1-23-14-3-2-10(8-19-14)15-13(5-7-24-15)21-16(22)20-12-4-6-18-9-11(12)17/h2-4,6,8-9,13,15H,5,7H2,1H3,(H2,18,20,21,22)/t13-,15+/m0/s1. The van der Waals surface area contributed by atoms with Gasteiger partial charge in [0.05, 0.1) is 25.0 Å². The van der Waals surface area contributed by atoms with E-state index < -0.39 is 11.8 Å². The molecule has 0 spiro atoms. The van der Waals surface area contributed by atoms with Crippen LogP contribution in [0.5, 0.6) is 5.88 Å². The van der Waals surface area contributed by atoms with Crippen LogP contribution in [0.3, 0.4) is 0 Å². The van der Waals surface area contributed by atoms with Crippen molar-refractivity contribution in [3.05, 3.63) is 48.2 Å². The van der Waals surface area contributed by atoms with E-state index in [1.165, 1.54) is 12.3 Å². The van der Waals surface area contributed by atoms with Gasteiger partial charge in [-0.25, -0.2) is 14.2 Å². The molecule has 1 fully saturated rings. The number of pyridine rings is 2. The molecular formula is C16H17FN4O3. The Hall–Kier alpha value is -2.74. The minimum Gasteiger partial charge on any atom is -0.481 e. The predicted molar refractivity (Wildman–Crippen MR) is 84.2 cm³/mol. The van der Waals surface area contributed by atoms with Crippen LogP contribution in [0.4, 0.5) is 14.9 Å². The van der Waals surface area contributed by atoms with Crippen LogP contribution in [0.1, 0.15) is 18.1 Å². The molecule has 3 rings (SSSR count). The van der Waals surface area contributed by atoms with E-state index in [4.69, 9.17) is 9.47 Å². The molecule has 2 atom stereocenters. The summed E-state index contributed by atoms with van der Waals surface area (Å²) in [5, 5.41) is 5.28. The lowest BCUT2D eigenvalue weighted by Gasteiger charge is -2.20. The van der Waals surface area contributed by atoms with Crippen molar-refractivity contribution in [1.29, 1.82) is 0 Å². The number of halogens is 1. The van der Waals surface area contributed by atoms with Crippen LogP contribution >= 0.6 is 0 Å². The molecule has 1 aliphatic heterocycles. The van der Waals surface area contributed by atoms with Crippen molar-refractivity contribution in [2.24, 2.45) is 0 Å². The molecule has 2 N–H and O–H groups in total. The van der Waals surface area contributed by atoms with Gasteiger partial charge in [0.15, 0.2) is 5.82 Å². The Morgan fingerprint density at radius 2 is 2.25 bits per heavy atom. The zero-order chi connectivity index (χ0) is 16.9. The number of anilines is 1. The number of nitrogens with zero attached hydrogens (tertiary/aromatic N) is 2. The average Bonchev–Trinajstić information content (AvgIpc) is 3.05.